The summed E-state index contributed by atoms with van der Waals surface area (Å²) in [5.74, 6) is 0.227. The first-order valence-corrected chi connectivity index (χ1v) is 9.03. The zero-order valence-corrected chi connectivity index (χ0v) is 16.1. The van der Waals surface area contributed by atoms with Gasteiger partial charge in [0.05, 0.1) is 24.6 Å². The van der Waals surface area contributed by atoms with Crippen molar-refractivity contribution in [1.29, 1.82) is 0 Å². The fourth-order valence-electron chi connectivity index (χ4n) is 2.36. The van der Waals surface area contributed by atoms with Crippen LogP contribution in [0.15, 0.2) is 36.4 Å². The van der Waals surface area contributed by atoms with E-state index in [1.807, 2.05) is 13.8 Å². The molecule has 2 aromatic carbocycles. The van der Waals surface area contributed by atoms with Gasteiger partial charge in [0.25, 0.3) is 0 Å². The van der Waals surface area contributed by atoms with Crippen LogP contribution in [-0.2, 0) is 4.79 Å². The lowest BCUT2D eigenvalue weighted by molar-refractivity contribution is -0.115. The molecule has 0 saturated heterocycles. The maximum atomic E-state index is 13.0. The number of halogens is 1. The van der Waals surface area contributed by atoms with Gasteiger partial charge in [-0.1, -0.05) is 6.92 Å². The molecule has 3 amide bonds. The van der Waals surface area contributed by atoms with E-state index in [9.17, 15) is 14.0 Å². The zero-order valence-electron chi connectivity index (χ0n) is 16.1. The smallest absolute Gasteiger partial charge is 0.323 e. The van der Waals surface area contributed by atoms with Gasteiger partial charge in [0, 0.05) is 24.2 Å². The van der Waals surface area contributed by atoms with Crippen LogP contribution >= 0.6 is 0 Å². The molecule has 2 aromatic rings. The van der Waals surface area contributed by atoms with Gasteiger partial charge in [-0.25, -0.2) is 9.18 Å². The molecule has 0 bridgehead atoms. The minimum Gasteiger partial charge on any atom is -0.492 e. The first-order valence-electron chi connectivity index (χ1n) is 9.03. The summed E-state index contributed by atoms with van der Waals surface area (Å²) in [6, 6.07) is 8.07. The molecule has 0 aliphatic rings. The second-order valence-electron chi connectivity index (χ2n) is 5.70. The van der Waals surface area contributed by atoms with Crippen LogP contribution in [0.2, 0.25) is 0 Å². The summed E-state index contributed by atoms with van der Waals surface area (Å²) in [6.07, 6.45) is 0.315. The predicted molar refractivity (Wildman–Crippen MR) is 107 cm³/mol. The minimum absolute atomic E-state index is 0.168. The molecule has 0 saturated carbocycles. The number of hydrogen-bond acceptors (Lipinski definition) is 4. The largest absolute Gasteiger partial charge is 0.492 e. The third-order valence-electron chi connectivity index (χ3n) is 3.63. The molecule has 0 heterocycles. The van der Waals surface area contributed by atoms with Crippen LogP contribution in [0.4, 0.5) is 26.2 Å². The third kappa shape index (κ3) is 5.87. The standard InChI is InChI=1S/C20H24FN3O4/c1-4-19(25)23-15-11-18(28-6-3)16(12-17(15)27-5-2)24-20(26)22-14-9-7-13(21)8-10-14/h7-12H,4-6H2,1-3H3,(H,23,25)(H2,22,24,26). The van der Waals surface area contributed by atoms with Gasteiger partial charge in [0.1, 0.15) is 17.3 Å². The van der Waals surface area contributed by atoms with Crippen LogP contribution in [0.5, 0.6) is 11.5 Å². The molecule has 0 fully saturated rings. The van der Waals surface area contributed by atoms with E-state index in [0.29, 0.717) is 48.2 Å². The van der Waals surface area contributed by atoms with Gasteiger partial charge in [-0.15, -0.1) is 0 Å². The Kier molecular flexibility index (Phi) is 7.62. The molecular weight excluding hydrogens is 365 g/mol. The summed E-state index contributed by atoms with van der Waals surface area (Å²) in [5.41, 5.74) is 1.27. The number of benzene rings is 2. The third-order valence-corrected chi connectivity index (χ3v) is 3.63. The number of ether oxygens (including phenoxy) is 2. The summed E-state index contributed by atoms with van der Waals surface area (Å²) in [7, 11) is 0. The number of rotatable bonds is 8. The normalized spacial score (nSPS) is 10.1. The quantitative estimate of drug-likeness (QED) is 0.615. The van der Waals surface area contributed by atoms with Crippen molar-refractivity contribution in [3.05, 3.63) is 42.2 Å². The van der Waals surface area contributed by atoms with Crippen molar-refractivity contribution in [2.75, 3.05) is 29.2 Å². The van der Waals surface area contributed by atoms with Crippen LogP contribution in [0.3, 0.4) is 0 Å². The molecule has 2 rings (SSSR count). The average molecular weight is 389 g/mol. The van der Waals surface area contributed by atoms with Crippen LogP contribution in [0.25, 0.3) is 0 Å². The number of anilines is 3. The number of carbonyl (C=O) groups excluding carboxylic acids is 2. The highest BCUT2D eigenvalue weighted by molar-refractivity contribution is 6.01. The number of amides is 3. The lowest BCUT2D eigenvalue weighted by Crippen LogP contribution is -2.20. The maximum Gasteiger partial charge on any atom is 0.323 e. The zero-order chi connectivity index (χ0) is 20.5. The molecule has 28 heavy (non-hydrogen) atoms. The molecule has 0 aliphatic heterocycles. The van der Waals surface area contributed by atoms with E-state index < -0.39 is 11.8 Å². The topological polar surface area (TPSA) is 88.7 Å². The Morgan fingerprint density at radius 3 is 1.89 bits per heavy atom. The van der Waals surface area contributed by atoms with E-state index in [4.69, 9.17) is 9.47 Å². The Balaban J connectivity index is 2.27. The summed E-state index contributed by atoms with van der Waals surface area (Å²) in [6.45, 7) is 6.11. The van der Waals surface area contributed by atoms with E-state index in [1.165, 1.54) is 24.3 Å². The van der Waals surface area contributed by atoms with Gasteiger partial charge < -0.3 is 25.4 Å². The van der Waals surface area contributed by atoms with Gasteiger partial charge in [0.2, 0.25) is 5.91 Å². The summed E-state index contributed by atoms with van der Waals surface area (Å²) in [4.78, 5) is 24.1. The molecule has 0 aliphatic carbocycles. The molecule has 0 unspecified atom stereocenters. The van der Waals surface area contributed by atoms with Crippen molar-refractivity contribution in [1.82, 2.24) is 0 Å². The fraction of sp³-hybridized carbons (Fsp3) is 0.300. The Morgan fingerprint density at radius 2 is 1.39 bits per heavy atom. The van der Waals surface area contributed by atoms with E-state index in [-0.39, 0.29) is 5.91 Å². The van der Waals surface area contributed by atoms with Gasteiger partial charge >= 0.3 is 6.03 Å². The first-order chi connectivity index (χ1) is 13.5. The first kappa shape index (κ1) is 21.0. The highest BCUT2D eigenvalue weighted by atomic mass is 19.1. The Labute approximate surface area is 163 Å². The molecule has 8 heteroatoms. The molecule has 0 aromatic heterocycles. The van der Waals surface area contributed by atoms with Crippen LogP contribution in [-0.4, -0.2) is 25.2 Å². The summed E-state index contributed by atoms with van der Waals surface area (Å²) < 4.78 is 24.2. The van der Waals surface area contributed by atoms with Gasteiger partial charge in [-0.3, -0.25) is 4.79 Å². The maximum absolute atomic E-state index is 13.0. The van der Waals surface area contributed by atoms with Gasteiger partial charge in [-0.2, -0.15) is 0 Å². The van der Waals surface area contributed by atoms with Crippen molar-refractivity contribution in [2.24, 2.45) is 0 Å². The van der Waals surface area contributed by atoms with E-state index in [1.54, 1.807) is 19.1 Å². The minimum atomic E-state index is -0.527. The average Bonchev–Trinajstić information content (AvgIpc) is 2.67. The molecule has 0 atom stereocenters. The molecule has 3 N–H and O–H groups in total. The lowest BCUT2D eigenvalue weighted by atomic mass is 10.2. The van der Waals surface area contributed by atoms with Crippen molar-refractivity contribution >= 4 is 29.0 Å². The highest BCUT2D eigenvalue weighted by Gasteiger charge is 2.16. The molecule has 150 valence electrons. The van der Waals surface area contributed by atoms with E-state index in [2.05, 4.69) is 16.0 Å². The number of nitrogens with one attached hydrogen (secondary N) is 3. The van der Waals surface area contributed by atoms with E-state index in [0.717, 1.165) is 0 Å². The van der Waals surface area contributed by atoms with Gasteiger partial charge in [0.15, 0.2) is 0 Å². The summed E-state index contributed by atoms with van der Waals surface area (Å²) >= 11 is 0. The molecular formula is C20H24FN3O4. The van der Waals surface area contributed by atoms with Crippen molar-refractivity contribution < 1.29 is 23.5 Å². The predicted octanol–water partition coefficient (Wildman–Crippen LogP) is 4.62. The summed E-state index contributed by atoms with van der Waals surface area (Å²) in [5, 5.41) is 8.06. The Hall–Kier alpha value is -3.29. The second-order valence-corrected chi connectivity index (χ2v) is 5.70. The lowest BCUT2D eigenvalue weighted by Gasteiger charge is -2.18. The van der Waals surface area contributed by atoms with Crippen LogP contribution in [0, 0.1) is 5.82 Å². The van der Waals surface area contributed by atoms with E-state index >= 15 is 0 Å². The Morgan fingerprint density at radius 1 is 0.857 bits per heavy atom. The molecule has 0 radical (unpaired) electrons. The Bertz CT molecular complexity index is 825. The number of carbonyl (C=O) groups is 2. The van der Waals surface area contributed by atoms with Crippen molar-refractivity contribution in [3.63, 3.8) is 0 Å². The van der Waals surface area contributed by atoms with Crippen LogP contribution < -0.4 is 25.4 Å². The molecule has 7 nitrogen and oxygen atoms in total. The fourth-order valence-corrected chi connectivity index (χ4v) is 2.36. The van der Waals surface area contributed by atoms with Crippen LogP contribution in [0.1, 0.15) is 27.2 Å². The number of hydrogen-bond donors (Lipinski definition) is 3. The number of urea groups is 1. The van der Waals surface area contributed by atoms with Gasteiger partial charge in [-0.05, 0) is 38.1 Å². The molecule has 0 spiro atoms. The highest BCUT2D eigenvalue weighted by Crippen LogP contribution is 2.37. The van der Waals surface area contributed by atoms with Crippen molar-refractivity contribution in [3.8, 4) is 11.5 Å². The van der Waals surface area contributed by atoms with Crippen molar-refractivity contribution in [2.45, 2.75) is 27.2 Å². The SMILES string of the molecule is CCOc1cc(NC(=O)Nc2ccc(F)cc2)c(OCC)cc1NC(=O)CC. The monoisotopic (exact) mass is 389 g/mol. The second kappa shape index (κ2) is 10.1.